The van der Waals surface area contributed by atoms with Crippen LogP contribution in [0.25, 0.3) is 0 Å². The number of para-hydroxylation sites is 1. The van der Waals surface area contributed by atoms with E-state index in [1.165, 1.54) is 29.3 Å². The van der Waals surface area contributed by atoms with Gasteiger partial charge in [-0.25, -0.2) is 14.3 Å². The van der Waals surface area contributed by atoms with Crippen LogP contribution in [-0.4, -0.2) is 73.1 Å². The van der Waals surface area contributed by atoms with Crippen molar-refractivity contribution >= 4 is 63.9 Å². The zero-order valence-corrected chi connectivity index (χ0v) is 23.0. The van der Waals surface area contributed by atoms with Gasteiger partial charge in [-0.2, -0.15) is 4.98 Å². The lowest BCUT2D eigenvalue weighted by Gasteiger charge is -2.37. The first-order valence-electron chi connectivity index (χ1n) is 12.8. The van der Waals surface area contributed by atoms with Gasteiger partial charge in [0.2, 0.25) is 11.9 Å². The monoisotopic (exact) mass is 568 g/mol. The van der Waals surface area contributed by atoms with Crippen molar-refractivity contribution in [3.63, 3.8) is 0 Å². The standard InChI is InChI=1S/C27H27Cl2FN8O/c1-35(2)17-8-11-36(12-9-17)22-7-6-16(14-20(22)29)33-26-32-15-18-24(34-26)37-13-10-31-27(37)38(25(18)39)23-19(28)4-3-5-21(23)30/h3-7,14-15,17H,8-13H2,1-2H3,(H,32,33,34). The van der Waals surface area contributed by atoms with E-state index in [0.717, 1.165) is 37.3 Å². The highest BCUT2D eigenvalue weighted by Crippen LogP contribution is 2.38. The molecule has 0 radical (unpaired) electrons. The van der Waals surface area contributed by atoms with Crippen molar-refractivity contribution in [2.45, 2.75) is 18.9 Å². The summed E-state index contributed by atoms with van der Waals surface area (Å²) in [6.45, 7) is 2.82. The van der Waals surface area contributed by atoms with Crippen molar-refractivity contribution < 1.29 is 9.18 Å². The van der Waals surface area contributed by atoms with E-state index in [1.54, 1.807) is 4.90 Å². The quantitative estimate of drug-likeness (QED) is 0.462. The predicted octanol–water partition coefficient (Wildman–Crippen LogP) is 5.03. The van der Waals surface area contributed by atoms with E-state index >= 15 is 0 Å². The van der Waals surface area contributed by atoms with Crippen LogP contribution in [0.1, 0.15) is 23.2 Å². The van der Waals surface area contributed by atoms with Gasteiger partial charge >= 0.3 is 0 Å². The Morgan fingerprint density at radius 1 is 1.08 bits per heavy atom. The second-order valence-corrected chi connectivity index (χ2v) is 10.8. The van der Waals surface area contributed by atoms with Gasteiger partial charge in [0, 0.05) is 37.6 Å². The Hall–Kier alpha value is -3.47. The number of anilines is 5. The summed E-state index contributed by atoms with van der Waals surface area (Å²) in [5.41, 5.74) is 1.92. The second-order valence-electron chi connectivity index (χ2n) is 9.95. The number of piperidine rings is 1. The van der Waals surface area contributed by atoms with E-state index in [2.05, 4.69) is 44.2 Å². The number of aliphatic imine (C=N–C) groups is 1. The van der Waals surface area contributed by atoms with Gasteiger partial charge in [0.15, 0.2) is 5.82 Å². The normalized spacial score (nSPS) is 17.4. The molecule has 6 rings (SSSR count). The molecule has 3 aliphatic rings. The Kier molecular flexibility index (Phi) is 6.78. The Balaban J connectivity index is 1.25. The van der Waals surface area contributed by atoms with E-state index in [-0.39, 0.29) is 22.2 Å². The molecule has 1 aromatic heterocycles. The lowest BCUT2D eigenvalue weighted by atomic mass is 10.0. The molecule has 1 N–H and O–H groups in total. The van der Waals surface area contributed by atoms with Crippen molar-refractivity contribution in [2.24, 2.45) is 4.99 Å². The van der Waals surface area contributed by atoms with Crippen LogP contribution in [0.3, 0.4) is 0 Å². The summed E-state index contributed by atoms with van der Waals surface area (Å²) in [6.07, 6.45) is 3.62. The molecule has 0 unspecified atom stereocenters. The first kappa shape index (κ1) is 25.8. The summed E-state index contributed by atoms with van der Waals surface area (Å²) in [5, 5.41) is 3.95. The third-order valence-electron chi connectivity index (χ3n) is 7.38. The first-order valence-corrected chi connectivity index (χ1v) is 13.5. The van der Waals surface area contributed by atoms with Gasteiger partial charge in [-0.05, 0) is 57.3 Å². The summed E-state index contributed by atoms with van der Waals surface area (Å²) in [7, 11) is 4.25. The molecule has 3 aliphatic heterocycles. The van der Waals surface area contributed by atoms with E-state index in [1.807, 2.05) is 18.2 Å². The average Bonchev–Trinajstić information content (AvgIpc) is 3.40. The summed E-state index contributed by atoms with van der Waals surface area (Å²) in [4.78, 5) is 34.5. The van der Waals surface area contributed by atoms with Gasteiger partial charge in [-0.1, -0.05) is 29.3 Å². The number of fused-ring (bicyclic) bond motifs is 3. The maximum absolute atomic E-state index is 14.8. The van der Waals surface area contributed by atoms with Crippen molar-refractivity contribution in [3.05, 3.63) is 64.0 Å². The number of nitrogens with zero attached hydrogens (tertiary/aromatic N) is 7. The Bertz CT molecular complexity index is 1450. The van der Waals surface area contributed by atoms with E-state index < -0.39 is 11.7 Å². The molecule has 1 fully saturated rings. The zero-order chi connectivity index (χ0) is 27.3. The maximum Gasteiger partial charge on any atom is 0.270 e. The molecule has 1 amide bonds. The molecular formula is C27H27Cl2FN8O. The summed E-state index contributed by atoms with van der Waals surface area (Å²) in [6, 6.07) is 10.7. The Morgan fingerprint density at radius 3 is 2.59 bits per heavy atom. The molecule has 0 bridgehead atoms. The molecular weight excluding hydrogens is 542 g/mol. The molecule has 9 nitrogen and oxygen atoms in total. The molecule has 0 aliphatic carbocycles. The fourth-order valence-electron chi connectivity index (χ4n) is 5.33. The predicted molar refractivity (Wildman–Crippen MR) is 154 cm³/mol. The van der Waals surface area contributed by atoms with Crippen molar-refractivity contribution in [2.75, 3.05) is 60.3 Å². The van der Waals surface area contributed by atoms with Crippen LogP contribution in [-0.2, 0) is 0 Å². The molecule has 202 valence electrons. The zero-order valence-electron chi connectivity index (χ0n) is 21.5. The molecule has 12 heteroatoms. The largest absolute Gasteiger partial charge is 0.370 e. The van der Waals surface area contributed by atoms with Crippen molar-refractivity contribution in [1.29, 1.82) is 0 Å². The van der Waals surface area contributed by atoms with Crippen LogP contribution in [0.2, 0.25) is 10.0 Å². The van der Waals surface area contributed by atoms with Gasteiger partial charge in [0.1, 0.15) is 17.1 Å². The maximum atomic E-state index is 14.8. The van der Waals surface area contributed by atoms with Crippen LogP contribution < -0.4 is 20.0 Å². The van der Waals surface area contributed by atoms with E-state index in [4.69, 9.17) is 23.2 Å². The van der Waals surface area contributed by atoms with Gasteiger partial charge < -0.3 is 15.1 Å². The SMILES string of the molecule is CN(C)C1CCN(c2ccc(Nc3ncc4c(n3)N3CCN=C3N(c3c(F)cccc3Cl)C4=O)cc2Cl)CC1. The molecule has 1 saturated heterocycles. The van der Waals surface area contributed by atoms with Crippen LogP contribution in [0.5, 0.6) is 0 Å². The number of hydrogen-bond acceptors (Lipinski definition) is 8. The second kappa shape index (κ2) is 10.3. The number of aromatic nitrogens is 2. The third kappa shape index (κ3) is 4.66. The van der Waals surface area contributed by atoms with Gasteiger partial charge in [-0.3, -0.25) is 14.7 Å². The highest BCUT2D eigenvalue weighted by atomic mass is 35.5. The minimum absolute atomic E-state index is 0.0386. The fourth-order valence-corrected chi connectivity index (χ4v) is 5.87. The Labute approximate surface area is 235 Å². The van der Waals surface area contributed by atoms with Gasteiger partial charge in [-0.15, -0.1) is 0 Å². The topological polar surface area (TPSA) is 80.2 Å². The number of hydrogen-bond donors (Lipinski definition) is 1. The number of carbonyl (C=O) groups excluding carboxylic acids is 1. The van der Waals surface area contributed by atoms with Gasteiger partial charge in [0.05, 0.1) is 22.3 Å². The first-order chi connectivity index (χ1) is 18.8. The van der Waals surface area contributed by atoms with Crippen LogP contribution >= 0.6 is 23.2 Å². The number of rotatable bonds is 5. The van der Waals surface area contributed by atoms with E-state index in [9.17, 15) is 9.18 Å². The minimum Gasteiger partial charge on any atom is -0.370 e. The number of nitrogens with one attached hydrogen (secondary N) is 1. The van der Waals surface area contributed by atoms with Crippen molar-refractivity contribution in [1.82, 2.24) is 14.9 Å². The lowest BCUT2D eigenvalue weighted by Crippen LogP contribution is -2.51. The molecule has 2 aromatic carbocycles. The van der Waals surface area contributed by atoms with Crippen LogP contribution in [0, 0.1) is 5.82 Å². The highest BCUT2D eigenvalue weighted by molar-refractivity contribution is 6.38. The Morgan fingerprint density at radius 2 is 1.87 bits per heavy atom. The number of guanidine groups is 1. The molecule has 4 heterocycles. The highest BCUT2D eigenvalue weighted by Gasteiger charge is 2.41. The summed E-state index contributed by atoms with van der Waals surface area (Å²) >= 11 is 13.0. The van der Waals surface area contributed by atoms with Crippen molar-refractivity contribution in [3.8, 4) is 0 Å². The van der Waals surface area contributed by atoms with Gasteiger partial charge in [0.25, 0.3) is 5.91 Å². The molecule has 3 aromatic rings. The third-order valence-corrected chi connectivity index (χ3v) is 7.98. The number of carbonyl (C=O) groups is 1. The average molecular weight is 569 g/mol. The van der Waals surface area contributed by atoms with Crippen LogP contribution in [0.15, 0.2) is 47.6 Å². The van der Waals surface area contributed by atoms with E-state index in [0.29, 0.717) is 35.9 Å². The molecule has 39 heavy (non-hydrogen) atoms. The lowest BCUT2D eigenvalue weighted by molar-refractivity contribution is 0.0999. The molecule has 0 spiro atoms. The molecule has 0 atom stereocenters. The fraction of sp³-hybridized carbons (Fsp3) is 0.333. The molecule has 0 saturated carbocycles. The number of amides is 1. The summed E-state index contributed by atoms with van der Waals surface area (Å²) in [5.74, 6) is -0.111. The smallest absolute Gasteiger partial charge is 0.270 e. The summed E-state index contributed by atoms with van der Waals surface area (Å²) < 4.78 is 14.8. The number of benzene rings is 2. The van der Waals surface area contributed by atoms with Crippen LogP contribution in [0.4, 0.5) is 33.2 Å². The number of halogens is 3. The minimum atomic E-state index is -0.615.